The Morgan fingerprint density at radius 1 is 1.19 bits per heavy atom. The number of carbonyl (C=O) groups excluding carboxylic acids is 1. The van der Waals surface area contributed by atoms with Crippen molar-refractivity contribution in [1.82, 2.24) is 20.3 Å². The van der Waals surface area contributed by atoms with Crippen molar-refractivity contribution in [2.24, 2.45) is 17.8 Å². The molecule has 2 aliphatic carbocycles. The average molecular weight is 435 g/mol. The molecule has 1 aromatic heterocycles. The number of nitrogens with zero attached hydrogens (tertiary/aromatic N) is 3. The van der Waals surface area contributed by atoms with E-state index >= 15 is 0 Å². The third-order valence-corrected chi connectivity index (χ3v) is 7.39. The molecule has 0 unspecified atom stereocenters. The maximum atomic E-state index is 10.9. The number of nitrogens with one attached hydrogen (secondary N) is 1. The number of unbranched alkanes of at least 4 members (excludes halogenated alkanes) is 4. The van der Waals surface area contributed by atoms with Crippen LogP contribution in [0.5, 0.6) is 0 Å². The number of rotatable bonds is 14. The summed E-state index contributed by atoms with van der Waals surface area (Å²) < 4.78 is 8.16. The van der Waals surface area contributed by atoms with Crippen LogP contribution in [0, 0.1) is 17.8 Å². The summed E-state index contributed by atoms with van der Waals surface area (Å²) >= 11 is 0. The molecule has 1 aromatic rings. The van der Waals surface area contributed by atoms with Crippen molar-refractivity contribution in [2.75, 3.05) is 13.7 Å². The lowest BCUT2D eigenvalue weighted by Gasteiger charge is -2.30. The van der Waals surface area contributed by atoms with Gasteiger partial charge < -0.3 is 14.6 Å². The molecule has 7 heteroatoms. The van der Waals surface area contributed by atoms with Gasteiger partial charge in [0.2, 0.25) is 0 Å². The normalized spacial score (nSPS) is 24.1. The fourth-order valence-corrected chi connectivity index (χ4v) is 5.25. The number of aldehydes is 1. The number of fused-ring (bicyclic) bond motifs is 2. The molecule has 0 aliphatic heterocycles. The van der Waals surface area contributed by atoms with Crippen molar-refractivity contribution in [1.29, 1.82) is 0 Å². The molecule has 2 aliphatic rings. The monoisotopic (exact) mass is 434 g/mol. The van der Waals surface area contributed by atoms with Crippen molar-refractivity contribution >= 4 is 6.29 Å². The quantitative estimate of drug-likeness (QED) is 0.265. The van der Waals surface area contributed by atoms with E-state index in [0.29, 0.717) is 30.8 Å². The van der Waals surface area contributed by atoms with Crippen LogP contribution in [-0.2, 0) is 28.9 Å². The minimum Gasteiger partial charge on any atom is -0.396 e. The molecule has 3 rings (SSSR count). The zero-order chi connectivity index (χ0) is 22.3. The highest BCUT2D eigenvalue weighted by Crippen LogP contribution is 2.52. The molecule has 0 saturated heterocycles. The molecule has 0 spiro atoms. The van der Waals surface area contributed by atoms with Crippen molar-refractivity contribution in [3.63, 3.8) is 0 Å². The van der Waals surface area contributed by atoms with Crippen LogP contribution < -0.4 is 5.32 Å². The Bertz CT molecular complexity index is 690. The minimum atomic E-state index is -0.401. The molecule has 0 bridgehead atoms. The summed E-state index contributed by atoms with van der Waals surface area (Å²) in [7, 11) is 1.88. The third kappa shape index (κ3) is 6.83. The summed E-state index contributed by atoms with van der Waals surface area (Å²) in [5, 5.41) is 21.6. The first-order chi connectivity index (χ1) is 15.0. The molecule has 1 saturated carbocycles. The van der Waals surface area contributed by atoms with Gasteiger partial charge in [-0.25, -0.2) is 4.68 Å². The zero-order valence-electron chi connectivity index (χ0n) is 19.7. The number of ether oxygens (including phenoxy) is 1. The molecular formula is C24H42N4O3. The summed E-state index contributed by atoms with van der Waals surface area (Å²) in [4.78, 5) is 10.9. The Morgan fingerprint density at radius 2 is 1.90 bits per heavy atom. The van der Waals surface area contributed by atoms with E-state index in [2.05, 4.69) is 20.3 Å². The summed E-state index contributed by atoms with van der Waals surface area (Å²) in [5.74, 6) is 1.96. The highest BCUT2D eigenvalue weighted by Gasteiger charge is 2.49. The standard InChI is InChI=1S/C24H42N4O3/c1-24(2,25-3)31-18(14-16-29)9-7-5-4-6-8-15-28-23-13-11-20-19(21(20)17-30)10-12-22(23)26-27-28/h16,18-21,25,30H,4-15,17H2,1-3H3/t18-,19+,20-,21+/m1/s1. The Balaban J connectivity index is 1.32. The number of hydrogen-bond donors (Lipinski definition) is 2. The van der Waals surface area contributed by atoms with Gasteiger partial charge in [-0.2, -0.15) is 0 Å². The Morgan fingerprint density at radius 3 is 2.61 bits per heavy atom. The fourth-order valence-electron chi connectivity index (χ4n) is 5.25. The molecule has 4 atom stereocenters. The van der Waals surface area contributed by atoms with Gasteiger partial charge in [-0.15, -0.1) is 5.10 Å². The molecule has 2 N–H and O–H groups in total. The largest absolute Gasteiger partial charge is 0.396 e. The first-order valence-electron chi connectivity index (χ1n) is 12.3. The van der Waals surface area contributed by atoms with Crippen molar-refractivity contribution in [3.05, 3.63) is 11.4 Å². The zero-order valence-corrected chi connectivity index (χ0v) is 19.7. The molecule has 1 heterocycles. The second-order valence-corrected chi connectivity index (χ2v) is 9.92. The second kappa shape index (κ2) is 11.5. The van der Waals surface area contributed by atoms with Gasteiger partial charge in [0, 0.05) is 19.6 Å². The van der Waals surface area contributed by atoms with Gasteiger partial charge in [0.05, 0.1) is 17.5 Å². The molecule has 1 fully saturated rings. The molecule has 0 aromatic carbocycles. The van der Waals surface area contributed by atoms with Crippen molar-refractivity contribution < 1.29 is 14.6 Å². The van der Waals surface area contributed by atoms with Gasteiger partial charge in [0.15, 0.2) is 0 Å². The number of aliphatic hydroxyl groups is 1. The highest BCUT2D eigenvalue weighted by molar-refractivity contribution is 5.50. The maximum absolute atomic E-state index is 10.9. The van der Waals surface area contributed by atoms with E-state index < -0.39 is 5.72 Å². The lowest BCUT2D eigenvalue weighted by Crippen LogP contribution is -2.42. The predicted octanol–water partition coefficient (Wildman–Crippen LogP) is 3.28. The fraction of sp³-hybridized carbons (Fsp3) is 0.875. The molecule has 0 radical (unpaired) electrons. The molecule has 31 heavy (non-hydrogen) atoms. The second-order valence-electron chi connectivity index (χ2n) is 9.92. The lowest BCUT2D eigenvalue weighted by atomic mass is 10.0. The Kier molecular flexibility index (Phi) is 9.05. The Labute approximate surface area is 187 Å². The SMILES string of the molecule is CNC(C)(C)O[C@@H](CC=O)CCCCCCCn1nnc2c1CC[C@H]1[C@@H](CO)[C@H]1CC2. The van der Waals surface area contributed by atoms with E-state index in [1.807, 2.05) is 20.9 Å². The Hall–Kier alpha value is -1.31. The van der Waals surface area contributed by atoms with E-state index in [-0.39, 0.29) is 6.10 Å². The summed E-state index contributed by atoms with van der Waals surface area (Å²) in [5.41, 5.74) is 2.12. The number of hydrogen-bond acceptors (Lipinski definition) is 6. The molecule has 176 valence electrons. The van der Waals surface area contributed by atoms with Crippen molar-refractivity contribution in [3.8, 4) is 0 Å². The van der Waals surface area contributed by atoms with Crippen LogP contribution in [-0.4, -0.2) is 51.9 Å². The third-order valence-electron chi connectivity index (χ3n) is 7.39. The van der Waals surface area contributed by atoms with Crippen LogP contribution in [0.25, 0.3) is 0 Å². The van der Waals surface area contributed by atoms with Crippen LogP contribution in [0.3, 0.4) is 0 Å². The van der Waals surface area contributed by atoms with Gasteiger partial charge in [-0.05, 0) is 77.2 Å². The average Bonchev–Trinajstić information content (AvgIpc) is 3.27. The number of aliphatic hydroxyl groups excluding tert-OH is 1. The van der Waals surface area contributed by atoms with Gasteiger partial charge in [0.1, 0.15) is 12.0 Å². The predicted molar refractivity (Wildman–Crippen MR) is 121 cm³/mol. The topological polar surface area (TPSA) is 89.3 Å². The van der Waals surface area contributed by atoms with Gasteiger partial charge in [-0.1, -0.05) is 30.9 Å². The number of aryl methyl sites for hydroxylation is 2. The maximum Gasteiger partial charge on any atom is 0.122 e. The van der Waals surface area contributed by atoms with Crippen LogP contribution >= 0.6 is 0 Å². The molecule has 7 nitrogen and oxygen atoms in total. The van der Waals surface area contributed by atoms with E-state index in [1.54, 1.807) is 0 Å². The minimum absolute atomic E-state index is 0.00821. The summed E-state index contributed by atoms with van der Waals surface area (Å²) in [6.45, 7) is 5.28. The van der Waals surface area contributed by atoms with E-state index in [9.17, 15) is 9.90 Å². The van der Waals surface area contributed by atoms with Gasteiger partial charge >= 0.3 is 0 Å². The van der Waals surface area contributed by atoms with Gasteiger partial charge in [0.25, 0.3) is 0 Å². The van der Waals surface area contributed by atoms with Crippen LogP contribution in [0.4, 0.5) is 0 Å². The first-order valence-corrected chi connectivity index (χ1v) is 12.3. The number of aromatic nitrogens is 3. The van der Waals surface area contributed by atoms with Crippen LogP contribution in [0.1, 0.15) is 83.0 Å². The smallest absolute Gasteiger partial charge is 0.122 e. The van der Waals surface area contributed by atoms with Gasteiger partial charge in [-0.3, -0.25) is 5.32 Å². The summed E-state index contributed by atoms with van der Waals surface area (Å²) in [6.07, 6.45) is 12.5. The van der Waals surface area contributed by atoms with Crippen LogP contribution in [0.2, 0.25) is 0 Å². The molecule has 0 amide bonds. The van der Waals surface area contributed by atoms with Crippen molar-refractivity contribution in [2.45, 2.75) is 103 Å². The van der Waals surface area contributed by atoms with E-state index in [0.717, 1.165) is 51.4 Å². The lowest BCUT2D eigenvalue weighted by molar-refractivity contribution is -0.119. The molecular weight excluding hydrogens is 392 g/mol. The first kappa shape index (κ1) is 24.3. The van der Waals surface area contributed by atoms with Crippen LogP contribution in [0.15, 0.2) is 0 Å². The highest BCUT2D eigenvalue weighted by atomic mass is 16.5. The van der Waals surface area contributed by atoms with E-state index in [4.69, 9.17) is 4.74 Å². The summed E-state index contributed by atoms with van der Waals surface area (Å²) in [6, 6.07) is 0. The van der Waals surface area contributed by atoms with E-state index in [1.165, 1.54) is 37.1 Å². The number of carbonyl (C=O) groups is 1.